The number of thiazole rings is 1. The number of carbonyl (C=O) groups excluding carboxylic acids is 2. The average molecular weight is 568 g/mol. The monoisotopic (exact) mass is 567 g/mol. The van der Waals surface area contributed by atoms with Crippen LogP contribution in [-0.4, -0.2) is 33.6 Å². The number of nitrogens with one attached hydrogen (secondary N) is 2. The molecule has 0 bridgehead atoms. The molecule has 200 valence electrons. The predicted octanol–water partition coefficient (Wildman–Crippen LogP) is 7.26. The molecule has 0 spiro atoms. The van der Waals surface area contributed by atoms with Gasteiger partial charge in [-0.05, 0) is 49.6 Å². The van der Waals surface area contributed by atoms with Crippen molar-refractivity contribution in [2.75, 3.05) is 16.4 Å². The van der Waals surface area contributed by atoms with E-state index in [0.717, 1.165) is 21.0 Å². The van der Waals surface area contributed by atoms with E-state index >= 15 is 0 Å². The van der Waals surface area contributed by atoms with E-state index in [4.69, 9.17) is 0 Å². The number of carboxylic acid groups (broad SMARTS) is 1. The number of nitrogens with zero attached hydrogens (tertiary/aromatic N) is 1. The molecule has 5 rings (SSSR count). The lowest BCUT2D eigenvalue weighted by Crippen LogP contribution is -2.14. The highest BCUT2D eigenvalue weighted by Gasteiger charge is 2.17. The van der Waals surface area contributed by atoms with Gasteiger partial charge in [-0.15, -0.1) is 23.1 Å². The lowest BCUT2D eigenvalue weighted by molar-refractivity contribution is -0.113. The van der Waals surface area contributed by atoms with Gasteiger partial charge in [-0.2, -0.15) is 0 Å². The number of carboxylic acids is 1. The second-order valence-electron chi connectivity index (χ2n) is 9.12. The zero-order valence-electron chi connectivity index (χ0n) is 21.7. The predicted molar refractivity (Wildman–Crippen MR) is 162 cm³/mol. The molecule has 40 heavy (non-hydrogen) atoms. The van der Waals surface area contributed by atoms with Crippen molar-refractivity contribution >= 4 is 62.5 Å². The van der Waals surface area contributed by atoms with Gasteiger partial charge in [-0.25, -0.2) is 9.78 Å². The number of amides is 2. The highest BCUT2D eigenvalue weighted by Crippen LogP contribution is 2.31. The van der Waals surface area contributed by atoms with Gasteiger partial charge in [0.1, 0.15) is 0 Å². The van der Waals surface area contributed by atoms with Gasteiger partial charge in [0, 0.05) is 32.0 Å². The van der Waals surface area contributed by atoms with Crippen molar-refractivity contribution in [1.29, 1.82) is 0 Å². The molecule has 5 aromatic rings. The SMILES string of the molecule is Cc1ccc(-c2nc(NC(=O)CSc3cccc(NC(=O)c4cccc5cccc(C(=O)O)c45)c3)sc2C)cc1. The summed E-state index contributed by atoms with van der Waals surface area (Å²) in [6.07, 6.45) is 0. The Labute approximate surface area is 239 Å². The smallest absolute Gasteiger partial charge is 0.336 e. The van der Waals surface area contributed by atoms with E-state index in [9.17, 15) is 19.5 Å². The summed E-state index contributed by atoms with van der Waals surface area (Å²) in [5.41, 5.74) is 3.93. The molecule has 0 saturated heterocycles. The van der Waals surface area contributed by atoms with Gasteiger partial charge in [0.25, 0.3) is 5.91 Å². The summed E-state index contributed by atoms with van der Waals surface area (Å²) in [5.74, 6) is -1.52. The molecule has 0 radical (unpaired) electrons. The van der Waals surface area contributed by atoms with E-state index in [2.05, 4.69) is 15.6 Å². The normalized spacial score (nSPS) is 10.8. The van der Waals surface area contributed by atoms with Crippen molar-refractivity contribution in [2.24, 2.45) is 0 Å². The molecule has 9 heteroatoms. The number of carbonyl (C=O) groups is 3. The minimum absolute atomic E-state index is 0.0694. The molecule has 0 aliphatic heterocycles. The van der Waals surface area contributed by atoms with Crippen LogP contribution in [0.25, 0.3) is 22.0 Å². The minimum Gasteiger partial charge on any atom is -0.478 e. The third-order valence-electron chi connectivity index (χ3n) is 6.21. The standard InChI is InChI=1S/C31H25N3O4S2/c1-18-12-14-21(15-13-18)28-19(2)40-31(34-28)33-26(35)17-39-23-9-5-8-22(16-23)32-29(36)24-10-3-6-20-7-4-11-25(27(20)24)30(37)38/h3-16H,17H2,1-2H3,(H,32,36)(H,37,38)(H,33,34,35). The van der Waals surface area contributed by atoms with Crippen LogP contribution in [0.1, 0.15) is 31.2 Å². The number of fused-ring (bicyclic) bond motifs is 1. The van der Waals surface area contributed by atoms with Crippen molar-refractivity contribution in [3.05, 3.63) is 106 Å². The largest absolute Gasteiger partial charge is 0.478 e. The number of thioether (sulfide) groups is 1. The summed E-state index contributed by atoms with van der Waals surface area (Å²) < 4.78 is 0. The highest BCUT2D eigenvalue weighted by atomic mass is 32.2. The van der Waals surface area contributed by atoms with Crippen LogP contribution in [0.4, 0.5) is 10.8 Å². The highest BCUT2D eigenvalue weighted by molar-refractivity contribution is 8.00. The molecule has 7 nitrogen and oxygen atoms in total. The van der Waals surface area contributed by atoms with Crippen molar-refractivity contribution in [1.82, 2.24) is 4.98 Å². The van der Waals surface area contributed by atoms with E-state index < -0.39 is 11.9 Å². The Morgan fingerprint density at radius 2 is 1.57 bits per heavy atom. The summed E-state index contributed by atoms with van der Waals surface area (Å²) in [7, 11) is 0. The molecular weight excluding hydrogens is 542 g/mol. The summed E-state index contributed by atoms with van der Waals surface area (Å²) in [4.78, 5) is 44.0. The van der Waals surface area contributed by atoms with Gasteiger partial charge in [0.15, 0.2) is 5.13 Å². The fourth-order valence-electron chi connectivity index (χ4n) is 4.30. The number of aryl methyl sites for hydroxylation is 2. The van der Waals surface area contributed by atoms with Crippen LogP contribution in [0.5, 0.6) is 0 Å². The first-order chi connectivity index (χ1) is 19.3. The number of anilines is 2. The number of aromatic nitrogens is 1. The lowest BCUT2D eigenvalue weighted by Gasteiger charge is -2.11. The third-order valence-corrected chi connectivity index (χ3v) is 8.09. The summed E-state index contributed by atoms with van der Waals surface area (Å²) in [6.45, 7) is 4.02. The second-order valence-corrected chi connectivity index (χ2v) is 11.4. The van der Waals surface area contributed by atoms with Gasteiger partial charge in [-0.1, -0.05) is 60.2 Å². The van der Waals surface area contributed by atoms with Crippen LogP contribution in [0.3, 0.4) is 0 Å². The van der Waals surface area contributed by atoms with E-state index in [1.165, 1.54) is 34.7 Å². The molecule has 0 saturated carbocycles. The van der Waals surface area contributed by atoms with Gasteiger partial charge < -0.3 is 15.7 Å². The minimum atomic E-state index is -1.10. The second kappa shape index (κ2) is 11.7. The summed E-state index contributed by atoms with van der Waals surface area (Å²) in [6, 6.07) is 25.3. The van der Waals surface area contributed by atoms with Crippen LogP contribution in [0.15, 0.2) is 89.8 Å². The zero-order valence-corrected chi connectivity index (χ0v) is 23.4. The Kier molecular flexibility index (Phi) is 7.95. The van der Waals surface area contributed by atoms with E-state index in [0.29, 0.717) is 21.6 Å². The molecule has 0 fully saturated rings. The first kappa shape index (κ1) is 27.1. The molecule has 0 unspecified atom stereocenters. The van der Waals surface area contributed by atoms with E-state index in [-0.39, 0.29) is 22.8 Å². The van der Waals surface area contributed by atoms with Crippen LogP contribution >= 0.6 is 23.1 Å². The van der Waals surface area contributed by atoms with Crippen LogP contribution in [0, 0.1) is 13.8 Å². The number of rotatable bonds is 8. The maximum Gasteiger partial charge on any atom is 0.336 e. The molecule has 2 amide bonds. The van der Waals surface area contributed by atoms with Gasteiger partial charge in [0.05, 0.1) is 17.0 Å². The number of aromatic carboxylic acids is 1. The lowest BCUT2D eigenvalue weighted by atomic mass is 9.98. The van der Waals surface area contributed by atoms with Crippen molar-refractivity contribution in [2.45, 2.75) is 18.7 Å². The Morgan fingerprint density at radius 3 is 2.30 bits per heavy atom. The molecule has 1 heterocycles. The molecular formula is C31H25N3O4S2. The third kappa shape index (κ3) is 6.06. The topological polar surface area (TPSA) is 108 Å². The molecule has 0 atom stereocenters. The van der Waals surface area contributed by atoms with E-state index in [1.807, 2.05) is 44.2 Å². The Hall–Kier alpha value is -4.47. The molecule has 1 aromatic heterocycles. The average Bonchev–Trinajstić information content (AvgIpc) is 3.31. The maximum absolute atomic E-state index is 13.2. The Morgan fingerprint density at radius 1 is 0.875 bits per heavy atom. The van der Waals surface area contributed by atoms with Gasteiger partial charge >= 0.3 is 5.97 Å². The molecule has 4 aromatic carbocycles. The zero-order chi connectivity index (χ0) is 28.2. The number of benzene rings is 4. The maximum atomic E-state index is 13.2. The first-order valence-corrected chi connectivity index (χ1v) is 14.2. The van der Waals surface area contributed by atoms with Gasteiger partial charge in [0.2, 0.25) is 5.91 Å². The summed E-state index contributed by atoms with van der Waals surface area (Å²) in [5, 5.41) is 17.0. The Balaban J connectivity index is 1.24. The molecule has 0 aliphatic carbocycles. The van der Waals surface area contributed by atoms with Crippen LogP contribution in [-0.2, 0) is 4.79 Å². The number of hydrogen-bond acceptors (Lipinski definition) is 6. The summed E-state index contributed by atoms with van der Waals surface area (Å²) >= 11 is 2.78. The molecule has 0 aliphatic rings. The van der Waals surface area contributed by atoms with Crippen molar-refractivity contribution < 1.29 is 19.5 Å². The first-order valence-electron chi connectivity index (χ1n) is 12.4. The van der Waals surface area contributed by atoms with Gasteiger partial charge in [-0.3, -0.25) is 9.59 Å². The fourth-order valence-corrected chi connectivity index (χ4v) is 5.91. The Bertz CT molecular complexity index is 1740. The van der Waals surface area contributed by atoms with Crippen LogP contribution < -0.4 is 10.6 Å². The molecule has 3 N–H and O–H groups in total. The quantitative estimate of drug-likeness (QED) is 0.170. The van der Waals surface area contributed by atoms with Crippen molar-refractivity contribution in [3.8, 4) is 11.3 Å². The van der Waals surface area contributed by atoms with E-state index in [1.54, 1.807) is 48.5 Å². The van der Waals surface area contributed by atoms with Crippen LogP contribution in [0.2, 0.25) is 0 Å². The van der Waals surface area contributed by atoms with Crippen molar-refractivity contribution in [3.63, 3.8) is 0 Å². The number of hydrogen-bond donors (Lipinski definition) is 3. The fraction of sp³-hybridized carbons (Fsp3) is 0.0968.